The third kappa shape index (κ3) is 3.61. The van der Waals surface area contributed by atoms with Crippen LogP contribution >= 0.6 is 0 Å². The number of aromatic nitrogens is 2. The Labute approximate surface area is 146 Å². The van der Waals surface area contributed by atoms with Crippen LogP contribution in [0.3, 0.4) is 0 Å². The van der Waals surface area contributed by atoms with Crippen LogP contribution in [0.4, 0.5) is 5.69 Å². The average Bonchev–Trinajstić information content (AvgIpc) is 2.92. The van der Waals surface area contributed by atoms with Gasteiger partial charge < -0.3 is 20.1 Å². The van der Waals surface area contributed by atoms with Gasteiger partial charge in [0, 0.05) is 18.0 Å². The summed E-state index contributed by atoms with van der Waals surface area (Å²) in [7, 11) is 0. The Bertz CT molecular complexity index is 911. The van der Waals surface area contributed by atoms with Crippen molar-refractivity contribution in [2.24, 2.45) is 0 Å². The van der Waals surface area contributed by atoms with E-state index >= 15 is 0 Å². The van der Waals surface area contributed by atoms with Crippen molar-refractivity contribution in [3.8, 4) is 22.9 Å². The van der Waals surface area contributed by atoms with Gasteiger partial charge in [0.1, 0.15) is 5.56 Å². The Morgan fingerprint density at radius 2 is 1.92 bits per heavy atom. The number of Topliss-reactive ketones (excluding diaryl/α,β-unsaturated/α-hetero) is 1. The van der Waals surface area contributed by atoms with Gasteiger partial charge in [0.05, 0.1) is 4.92 Å². The highest BCUT2D eigenvalue weighted by atomic mass is 16.6. The molecule has 1 heterocycles. The van der Waals surface area contributed by atoms with Crippen LogP contribution in [0.5, 0.6) is 11.5 Å². The van der Waals surface area contributed by atoms with Gasteiger partial charge >= 0.3 is 5.69 Å². The van der Waals surface area contributed by atoms with Crippen molar-refractivity contribution in [1.29, 1.82) is 0 Å². The number of nitro benzene ring substituents is 1. The van der Waals surface area contributed by atoms with Crippen molar-refractivity contribution in [3.05, 3.63) is 27.6 Å². The van der Waals surface area contributed by atoms with Gasteiger partial charge in [0.25, 0.3) is 11.7 Å². The molecule has 11 heteroatoms. The minimum Gasteiger partial charge on any atom is -0.504 e. The van der Waals surface area contributed by atoms with Crippen LogP contribution in [0.2, 0.25) is 0 Å². The second-order valence-electron chi connectivity index (χ2n) is 6.44. The largest absolute Gasteiger partial charge is 0.504 e. The molecule has 0 spiro atoms. The Morgan fingerprint density at radius 1 is 1.31 bits per heavy atom. The number of nitro groups is 1. The second-order valence-corrected chi connectivity index (χ2v) is 6.44. The number of hydrogen-bond acceptors (Lipinski definition) is 9. The quantitative estimate of drug-likeness (QED) is 0.239. The molecule has 1 aromatic carbocycles. The van der Waals surface area contributed by atoms with E-state index in [9.17, 15) is 29.9 Å². The molecule has 0 unspecified atom stereocenters. The highest BCUT2D eigenvalue weighted by molar-refractivity contribution is 6.45. The van der Waals surface area contributed by atoms with Crippen molar-refractivity contribution in [1.82, 2.24) is 15.5 Å². The molecule has 2 aromatic rings. The standard InChI is InChI=1S/C15H16N4O7/c1-6-16-13(18-26-6)7-5-8(20)11(21)10(19(24)25)9(7)12(22)14(23)17-15(2,3)4/h5,20-21H,1-4H3,(H,17,23). The summed E-state index contributed by atoms with van der Waals surface area (Å²) >= 11 is 0. The number of phenols is 2. The van der Waals surface area contributed by atoms with Crippen molar-refractivity contribution in [3.63, 3.8) is 0 Å². The molecular formula is C15H16N4O7. The average molecular weight is 364 g/mol. The zero-order valence-electron chi connectivity index (χ0n) is 14.4. The first-order chi connectivity index (χ1) is 11.9. The Kier molecular flexibility index (Phi) is 4.65. The smallest absolute Gasteiger partial charge is 0.326 e. The van der Waals surface area contributed by atoms with E-state index in [0.29, 0.717) is 0 Å². The molecule has 0 aliphatic carbocycles. The van der Waals surface area contributed by atoms with Gasteiger partial charge in [-0.05, 0) is 26.8 Å². The normalized spacial score (nSPS) is 11.2. The molecule has 1 aromatic heterocycles. The SMILES string of the molecule is Cc1nc(-c2cc(O)c(O)c([N+](=O)[O-])c2C(=O)C(=O)NC(C)(C)C)no1. The molecule has 0 fully saturated rings. The lowest BCUT2D eigenvalue weighted by molar-refractivity contribution is -0.386. The number of nitrogens with zero attached hydrogens (tertiary/aromatic N) is 3. The molecule has 0 bridgehead atoms. The first kappa shape index (κ1) is 18.8. The van der Waals surface area contributed by atoms with Crippen molar-refractivity contribution >= 4 is 17.4 Å². The fourth-order valence-corrected chi connectivity index (χ4v) is 2.15. The van der Waals surface area contributed by atoms with Gasteiger partial charge in [0.2, 0.25) is 17.5 Å². The van der Waals surface area contributed by atoms with Crippen LogP contribution in [0.25, 0.3) is 11.4 Å². The highest BCUT2D eigenvalue weighted by Crippen LogP contribution is 2.43. The zero-order valence-corrected chi connectivity index (χ0v) is 14.4. The predicted molar refractivity (Wildman–Crippen MR) is 86.7 cm³/mol. The van der Waals surface area contributed by atoms with Gasteiger partial charge in [-0.2, -0.15) is 4.98 Å². The second kappa shape index (κ2) is 6.43. The number of nitrogens with one attached hydrogen (secondary N) is 1. The summed E-state index contributed by atoms with van der Waals surface area (Å²) in [6.07, 6.45) is 0. The zero-order chi connectivity index (χ0) is 19.8. The van der Waals surface area contributed by atoms with Crippen LogP contribution in [-0.4, -0.2) is 42.5 Å². The molecule has 1 amide bonds. The van der Waals surface area contributed by atoms with Crippen LogP contribution in [-0.2, 0) is 4.79 Å². The number of aromatic hydroxyl groups is 2. The molecule has 0 saturated heterocycles. The Morgan fingerprint density at radius 3 is 2.38 bits per heavy atom. The third-order valence-electron chi connectivity index (χ3n) is 3.13. The maximum atomic E-state index is 12.6. The van der Waals surface area contributed by atoms with E-state index in [0.717, 1.165) is 6.07 Å². The first-order valence-corrected chi connectivity index (χ1v) is 7.33. The monoisotopic (exact) mass is 364 g/mol. The maximum absolute atomic E-state index is 12.6. The lowest BCUT2D eigenvalue weighted by atomic mass is 9.97. The number of carbonyl (C=O) groups excluding carboxylic acids is 2. The number of benzene rings is 1. The Hall–Kier alpha value is -3.50. The van der Waals surface area contributed by atoms with Crippen LogP contribution in [0, 0.1) is 17.0 Å². The molecule has 0 aliphatic rings. The minimum absolute atomic E-state index is 0.0905. The molecular weight excluding hydrogens is 348 g/mol. The van der Waals surface area contributed by atoms with Crippen molar-refractivity contribution in [2.75, 3.05) is 0 Å². The van der Waals surface area contributed by atoms with E-state index in [1.807, 2.05) is 0 Å². The summed E-state index contributed by atoms with van der Waals surface area (Å²) in [4.78, 5) is 39.0. The third-order valence-corrected chi connectivity index (χ3v) is 3.13. The van der Waals surface area contributed by atoms with Gasteiger partial charge in [-0.1, -0.05) is 5.16 Å². The van der Waals surface area contributed by atoms with Crippen LogP contribution in [0.1, 0.15) is 37.0 Å². The van der Waals surface area contributed by atoms with Gasteiger partial charge in [0.15, 0.2) is 5.75 Å². The number of carbonyl (C=O) groups is 2. The number of amides is 1. The lowest BCUT2D eigenvalue weighted by Crippen LogP contribution is -2.44. The maximum Gasteiger partial charge on any atom is 0.326 e. The van der Waals surface area contributed by atoms with Crippen molar-refractivity contribution in [2.45, 2.75) is 33.2 Å². The molecule has 11 nitrogen and oxygen atoms in total. The van der Waals surface area contributed by atoms with Gasteiger partial charge in [-0.3, -0.25) is 19.7 Å². The molecule has 0 saturated carbocycles. The fraction of sp³-hybridized carbons (Fsp3) is 0.333. The predicted octanol–water partition coefficient (Wildman–Crippen LogP) is 1.46. The van der Waals surface area contributed by atoms with E-state index in [1.165, 1.54) is 6.92 Å². The summed E-state index contributed by atoms with van der Waals surface area (Å²) in [6.45, 7) is 6.29. The first-order valence-electron chi connectivity index (χ1n) is 7.33. The van der Waals surface area contributed by atoms with Crippen LogP contribution < -0.4 is 5.32 Å². The fourth-order valence-electron chi connectivity index (χ4n) is 2.15. The number of rotatable bonds is 4. The van der Waals surface area contributed by atoms with E-state index in [1.54, 1.807) is 20.8 Å². The van der Waals surface area contributed by atoms with E-state index in [4.69, 9.17) is 4.52 Å². The molecule has 138 valence electrons. The van der Waals surface area contributed by atoms with Gasteiger partial charge in [-0.25, -0.2) is 0 Å². The number of hydrogen-bond donors (Lipinski definition) is 3. The summed E-state index contributed by atoms with van der Waals surface area (Å²) in [5.74, 6) is -4.61. The molecule has 26 heavy (non-hydrogen) atoms. The van der Waals surface area contributed by atoms with Gasteiger partial charge in [-0.15, -0.1) is 0 Å². The van der Waals surface area contributed by atoms with Crippen LogP contribution in [0.15, 0.2) is 10.6 Å². The summed E-state index contributed by atoms with van der Waals surface area (Å²) in [6, 6.07) is 0.851. The summed E-state index contributed by atoms with van der Waals surface area (Å²) in [5.41, 5.74) is -2.99. The summed E-state index contributed by atoms with van der Waals surface area (Å²) in [5, 5.41) is 36.9. The van der Waals surface area contributed by atoms with E-state index < -0.39 is 44.9 Å². The molecule has 3 N–H and O–H groups in total. The number of ketones is 1. The lowest BCUT2D eigenvalue weighted by Gasteiger charge is -2.20. The molecule has 0 radical (unpaired) electrons. The Balaban J connectivity index is 2.76. The highest BCUT2D eigenvalue weighted by Gasteiger charge is 2.36. The summed E-state index contributed by atoms with van der Waals surface area (Å²) < 4.78 is 4.78. The van der Waals surface area contributed by atoms with Crippen molar-refractivity contribution < 1.29 is 29.2 Å². The van der Waals surface area contributed by atoms with E-state index in [2.05, 4.69) is 15.5 Å². The minimum atomic E-state index is -1.29. The topological polar surface area (TPSA) is 169 Å². The number of phenolic OH excluding ortho intramolecular Hbond substituents is 2. The molecule has 0 atom stereocenters. The van der Waals surface area contributed by atoms with E-state index in [-0.39, 0.29) is 17.3 Å². The molecule has 0 aliphatic heterocycles. The molecule has 2 rings (SSSR count). The number of aryl methyl sites for hydroxylation is 1.